The molecule has 1 heterocycles. The van der Waals surface area contributed by atoms with Gasteiger partial charge in [-0.2, -0.15) is 13.2 Å². The van der Waals surface area contributed by atoms with Crippen molar-refractivity contribution in [3.8, 4) is 5.75 Å². The molecular formula is C30H30F3N3O4. The van der Waals surface area contributed by atoms with Gasteiger partial charge in [-0.1, -0.05) is 54.6 Å². The van der Waals surface area contributed by atoms with E-state index in [9.17, 15) is 18.0 Å². The Morgan fingerprint density at radius 2 is 1.85 bits per heavy atom. The van der Waals surface area contributed by atoms with Crippen LogP contribution in [0.15, 0.2) is 96.5 Å². The highest BCUT2D eigenvalue weighted by molar-refractivity contribution is 6.01. The van der Waals surface area contributed by atoms with Gasteiger partial charge in [0.25, 0.3) is 5.91 Å². The molecule has 10 heteroatoms. The van der Waals surface area contributed by atoms with Crippen molar-refractivity contribution >= 4 is 11.8 Å². The number of aliphatic hydroxyl groups excluding tert-OH is 1. The summed E-state index contributed by atoms with van der Waals surface area (Å²) >= 11 is 0. The lowest BCUT2D eigenvalue weighted by atomic mass is 9.84. The van der Waals surface area contributed by atoms with Crippen molar-refractivity contribution in [3.05, 3.63) is 114 Å². The third-order valence-electron chi connectivity index (χ3n) is 6.34. The van der Waals surface area contributed by atoms with E-state index in [1.807, 2.05) is 30.3 Å². The van der Waals surface area contributed by atoms with E-state index in [-0.39, 0.29) is 25.5 Å². The number of amides is 1. The van der Waals surface area contributed by atoms with E-state index < -0.39 is 29.3 Å². The molecule has 3 aromatic rings. The Labute approximate surface area is 230 Å². The maximum Gasteiger partial charge on any atom is 0.416 e. The molecule has 40 heavy (non-hydrogen) atoms. The fraction of sp³-hybridized carbons (Fsp3) is 0.267. The lowest BCUT2D eigenvalue weighted by Crippen LogP contribution is -2.52. The van der Waals surface area contributed by atoms with Crippen molar-refractivity contribution in [1.82, 2.24) is 10.9 Å². The molecule has 210 valence electrons. The predicted octanol–water partition coefficient (Wildman–Crippen LogP) is 5.12. The minimum Gasteiger partial charge on any atom is -0.494 e. The first kappa shape index (κ1) is 28.8. The lowest BCUT2D eigenvalue weighted by molar-refractivity contribution is -0.137. The quantitative estimate of drug-likeness (QED) is 0.165. The highest BCUT2D eigenvalue weighted by Gasteiger charge is 2.52. The minimum absolute atomic E-state index is 0.0336. The molecule has 2 atom stereocenters. The third kappa shape index (κ3) is 6.70. The molecule has 3 aromatic carbocycles. The molecule has 0 spiro atoms. The largest absolute Gasteiger partial charge is 0.494 e. The summed E-state index contributed by atoms with van der Waals surface area (Å²) in [6.45, 7) is 4.19. The Morgan fingerprint density at radius 3 is 2.52 bits per heavy atom. The van der Waals surface area contributed by atoms with Crippen LogP contribution in [-0.2, 0) is 22.3 Å². The highest BCUT2D eigenvalue weighted by atomic mass is 19.4. The first-order chi connectivity index (χ1) is 19.3. The summed E-state index contributed by atoms with van der Waals surface area (Å²) in [4.78, 5) is 18.5. The number of ether oxygens (including phenoxy) is 2. The number of nitrogens with one attached hydrogen (secondary N) is 2. The number of hydrogen-bond donors (Lipinski definition) is 3. The second-order valence-corrected chi connectivity index (χ2v) is 9.20. The van der Waals surface area contributed by atoms with Crippen molar-refractivity contribution in [2.75, 3.05) is 13.2 Å². The van der Waals surface area contributed by atoms with E-state index in [1.165, 1.54) is 12.1 Å². The van der Waals surface area contributed by atoms with Crippen LogP contribution in [0, 0.1) is 0 Å². The first-order valence-electron chi connectivity index (χ1n) is 12.7. The number of nitrogens with zero attached hydrogens (tertiary/aromatic N) is 1. The number of hydrazine groups is 1. The molecule has 0 bridgehead atoms. The molecule has 1 aliphatic rings. The smallest absolute Gasteiger partial charge is 0.416 e. The monoisotopic (exact) mass is 553 g/mol. The molecule has 0 aliphatic carbocycles. The van der Waals surface area contributed by atoms with Gasteiger partial charge in [-0.25, -0.2) is 10.4 Å². The van der Waals surface area contributed by atoms with Gasteiger partial charge in [0, 0.05) is 31.6 Å². The summed E-state index contributed by atoms with van der Waals surface area (Å²) in [7, 11) is 0. The van der Waals surface area contributed by atoms with Crippen LogP contribution in [0.2, 0.25) is 0 Å². The van der Waals surface area contributed by atoms with E-state index in [0.29, 0.717) is 29.9 Å². The maximum atomic E-state index is 13.7. The number of aliphatic hydroxyl groups is 1. The van der Waals surface area contributed by atoms with Crippen LogP contribution in [0.4, 0.5) is 13.2 Å². The second kappa shape index (κ2) is 12.8. The zero-order chi connectivity index (χ0) is 28.6. The van der Waals surface area contributed by atoms with Crippen molar-refractivity contribution in [1.29, 1.82) is 0 Å². The van der Waals surface area contributed by atoms with Gasteiger partial charge in [-0.05, 0) is 41.5 Å². The molecule has 0 radical (unpaired) electrons. The average molecular weight is 554 g/mol. The van der Waals surface area contributed by atoms with E-state index >= 15 is 0 Å². The Hall–Kier alpha value is -4.15. The van der Waals surface area contributed by atoms with E-state index in [1.54, 1.807) is 30.3 Å². The number of benzene rings is 3. The molecule has 1 amide bonds. The van der Waals surface area contributed by atoms with E-state index in [4.69, 9.17) is 19.6 Å². The minimum atomic E-state index is -4.47. The Balaban J connectivity index is 1.58. The summed E-state index contributed by atoms with van der Waals surface area (Å²) in [5, 5.41) is 8.94. The molecular weight excluding hydrogens is 523 g/mol. The van der Waals surface area contributed by atoms with Crippen LogP contribution < -0.4 is 15.6 Å². The fourth-order valence-electron chi connectivity index (χ4n) is 4.36. The molecule has 0 saturated heterocycles. The van der Waals surface area contributed by atoms with Gasteiger partial charge in [-0.15, -0.1) is 6.58 Å². The summed E-state index contributed by atoms with van der Waals surface area (Å²) in [5.74, 6) is 0.349. The van der Waals surface area contributed by atoms with Crippen LogP contribution in [0.5, 0.6) is 5.75 Å². The molecule has 0 saturated carbocycles. The fourth-order valence-corrected chi connectivity index (χ4v) is 4.36. The highest BCUT2D eigenvalue weighted by Crippen LogP contribution is 2.42. The summed E-state index contributed by atoms with van der Waals surface area (Å²) in [6.07, 6.45) is -3.03. The molecule has 4 rings (SSSR count). The van der Waals surface area contributed by atoms with Crippen LogP contribution in [0.1, 0.15) is 41.2 Å². The number of halogens is 3. The van der Waals surface area contributed by atoms with Crippen LogP contribution in [-0.4, -0.2) is 35.7 Å². The topological polar surface area (TPSA) is 92.2 Å². The third-order valence-corrected chi connectivity index (χ3v) is 6.34. The van der Waals surface area contributed by atoms with Crippen molar-refractivity contribution in [2.24, 2.45) is 4.99 Å². The Kier molecular flexibility index (Phi) is 9.23. The lowest BCUT2D eigenvalue weighted by Gasteiger charge is -2.29. The molecule has 1 aliphatic heterocycles. The molecule has 0 aromatic heterocycles. The van der Waals surface area contributed by atoms with Crippen molar-refractivity contribution in [3.63, 3.8) is 0 Å². The number of aliphatic imine (C=N–C) groups is 1. The maximum absolute atomic E-state index is 13.7. The van der Waals surface area contributed by atoms with Crippen molar-refractivity contribution < 1.29 is 32.5 Å². The number of hydrogen-bond acceptors (Lipinski definition) is 6. The summed E-state index contributed by atoms with van der Waals surface area (Å²) in [5.41, 5.74) is 4.86. The Bertz CT molecular complexity index is 1330. The van der Waals surface area contributed by atoms with Crippen LogP contribution >= 0.6 is 0 Å². The van der Waals surface area contributed by atoms with Crippen molar-refractivity contribution in [2.45, 2.75) is 37.2 Å². The number of carbonyl (C=O) groups is 1. The van der Waals surface area contributed by atoms with Gasteiger partial charge < -0.3 is 14.6 Å². The number of carbonyl (C=O) groups excluding carboxylic acids is 1. The average Bonchev–Trinajstić information content (AvgIpc) is 3.34. The van der Waals surface area contributed by atoms with Gasteiger partial charge in [-0.3, -0.25) is 10.2 Å². The second-order valence-electron chi connectivity index (χ2n) is 9.20. The van der Waals surface area contributed by atoms with E-state index in [0.717, 1.165) is 17.7 Å². The van der Waals surface area contributed by atoms with Gasteiger partial charge in [0.15, 0.2) is 11.6 Å². The number of alkyl halides is 3. The normalized spacial score (nSPS) is 18.5. The van der Waals surface area contributed by atoms with E-state index in [2.05, 4.69) is 17.4 Å². The molecule has 3 N–H and O–H groups in total. The van der Waals surface area contributed by atoms with Gasteiger partial charge in [0.05, 0.1) is 12.2 Å². The van der Waals surface area contributed by atoms with Crippen LogP contribution in [0.25, 0.3) is 0 Å². The predicted molar refractivity (Wildman–Crippen MR) is 144 cm³/mol. The van der Waals surface area contributed by atoms with Gasteiger partial charge in [0.2, 0.25) is 5.90 Å². The molecule has 0 fully saturated rings. The zero-order valence-corrected chi connectivity index (χ0v) is 21.7. The summed E-state index contributed by atoms with van der Waals surface area (Å²) < 4.78 is 51.1. The molecule has 0 unspecified atom stereocenters. The molecule has 7 nitrogen and oxygen atoms in total. The van der Waals surface area contributed by atoms with Crippen LogP contribution in [0.3, 0.4) is 0 Å². The Morgan fingerprint density at radius 1 is 1.10 bits per heavy atom. The van der Waals surface area contributed by atoms with Gasteiger partial charge in [0.1, 0.15) is 5.75 Å². The SMILES string of the molecule is C=CC[C@]1(C(=O)NNCc2cccc(C(F)(F)F)c2)N=C(c2ccc(OCCCO)cc2)O[C@H]1c1ccccc1. The first-order valence-corrected chi connectivity index (χ1v) is 12.7. The number of rotatable bonds is 12. The zero-order valence-electron chi connectivity index (χ0n) is 21.7. The van der Waals surface area contributed by atoms with Gasteiger partial charge >= 0.3 is 6.18 Å². The standard InChI is InChI=1S/C30H30F3N3O4/c1-2-16-29(28(38)36-34-20-21-8-6-11-24(19-21)30(31,32)33)26(22-9-4-3-5-10-22)40-27(35-29)23-12-14-25(15-13-23)39-18-7-17-37/h2-6,8-15,19,26,34,37H,1,7,16-18,20H2,(H,36,38)/t26-,29-/m0/s1. The summed E-state index contributed by atoms with van der Waals surface area (Å²) in [6, 6.07) is 21.1.